The summed E-state index contributed by atoms with van der Waals surface area (Å²) in [5.74, 6) is -0.0520. The first kappa shape index (κ1) is 16.9. The fraction of sp³-hybridized carbons (Fsp3) is 0.375. The number of thiazole rings is 1. The van der Waals surface area contributed by atoms with Crippen LogP contribution in [-0.4, -0.2) is 34.9 Å². The highest BCUT2D eigenvalue weighted by Gasteiger charge is 2.30. The van der Waals surface area contributed by atoms with E-state index in [1.807, 2.05) is 0 Å². The molecule has 2 heterocycles. The number of aromatic nitrogens is 1. The molecular weight excluding hydrogens is 339 g/mol. The lowest BCUT2D eigenvalue weighted by Gasteiger charge is -2.14. The molecule has 1 amide bonds. The Bertz CT molecular complexity index is 744. The van der Waals surface area contributed by atoms with Gasteiger partial charge in [0.1, 0.15) is 5.01 Å². The highest BCUT2D eigenvalue weighted by atomic mass is 32.1. The van der Waals surface area contributed by atoms with E-state index < -0.39 is 11.7 Å². The summed E-state index contributed by atoms with van der Waals surface area (Å²) in [6, 6.07) is 5.06. The second kappa shape index (κ2) is 6.52. The van der Waals surface area contributed by atoms with Crippen LogP contribution in [0.1, 0.15) is 17.7 Å². The highest BCUT2D eigenvalue weighted by Crippen LogP contribution is 2.33. The van der Waals surface area contributed by atoms with Crippen LogP contribution in [0.4, 0.5) is 13.2 Å². The van der Waals surface area contributed by atoms with Gasteiger partial charge in [0.05, 0.1) is 17.7 Å². The van der Waals surface area contributed by atoms with Gasteiger partial charge in [0, 0.05) is 30.1 Å². The summed E-state index contributed by atoms with van der Waals surface area (Å²) >= 11 is 1.23. The van der Waals surface area contributed by atoms with Gasteiger partial charge in [-0.3, -0.25) is 4.79 Å². The summed E-state index contributed by atoms with van der Waals surface area (Å²) < 4.78 is 38.4. The third kappa shape index (κ3) is 3.76. The van der Waals surface area contributed by atoms with Crippen molar-refractivity contribution in [1.29, 1.82) is 0 Å². The maximum absolute atomic E-state index is 12.8. The number of benzene rings is 1. The Morgan fingerprint density at radius 1 is 1.42 bits per heavy atom. The van der Waals surface area contributed by atoms with Crippen molar-refractivity contribution in [2.75, 3.05) is 13.1 Å². The zero-order valence-electron chi connectivity index (χ0n) is 12.7. The van der Waals surface area contributed by atoms with Crippen LogP contribution >= 0.6 is 11.3 Å². The second-order valence-electron chi connectivity index (χ2n) is 5.79. The monoisotopic (exact) mass is 355 g/mol. The number of alkyl halides is 3. The highest BCUT2D eigenvalue weighted by molar-refractivity contribution is 7.13. The predicted octanol–water partition coefficient (Wildman–Crippen LogP) is 2.93. The quantitative estimate of drug-likeness (QED) is 0.921. The van der Waals surface area contributed by atoms with Crippen molar-refractivity contribution in [3.05, 3.63) is 40.9 Å². The van der Waals surface area contributed by atoms with E-state index in [0.29, 0.717) is 29.4 Å². The molecule has 2 aromatic rings. The third-order valence-corrected chi connectivity index (χ3v) is 4.84. The lowest BCUT2D eigenvalue weighted by atomic mass is 10.1. The van der Waals surface area contributed by atoms with E-state index >= 15 is 0 Å². The van der Waals surface area contributed by atoms with Crippen LogP contribution in [0, 0.1) is 0 Å². The fourth-order valence-electron chi connectivity index (χ4n) is 2.63. The molecule has 0 spiro atoms. The van der Waals surface area contributed by atoms with Gasteiger partial charge in [-0.15, -0.1) is 11.3 Å². The van der Waals surface area contributed by atoms with Gasteiger partial charge in [0.15, 0.2) is 0 Å². The van der Waals surface area contributed by atoms with Crippen molar-refractivity contribution in [3.63, 3.8) is 0 Å². The fourth-order valence-corrected chi connectivity index (χ4v) is 3.45. The van der Waals surface area contributed by atoms with Gasteiger partial charge in [0.2, 0.25) is 5.91 Å². The smallest absolute Gasteiger partial charge is 0.341 e. The zero-order valence-corrected chi connectivity index (χ0v) is 13.5. The van der Waals surface area contributed by atoms with Crippen LogP contribution in [0.5, 0.6) is 0 Å². The van der Waals surface area contributed by atoms with Crippen LogP contribution in [0.2, 0.25) is 0 Å². The predicted molar refractivity (Wildman–Crippen MR) is 85.4 cm³/mol. The first-order valence-electron chi connectivity index (χ1n) is 7.48. The van der Waals surface area contributed by atoms with E-state index in [-0.39, 0.29) is 18.4 Å². The Morgan fingerprint density at radius 3 is 2.88 bits per heavy atom. The van der Waals surface area contributed by atoms with Crippen molar-refractivity contribution in [1.82, 2.24) is 9.88 Å². The van der Waals surface area contributed by atoms with Gasteiger partial charge in [-0.05, 0) is 18.6 Å². The third-order valence-electron chi connectivity index (χ3n) is 3.90. The van der Waals surface area contributed by atoms with E-state index in [0.717, 1.165) is 18.6 Å². The van der Waals surface area contributed by atoms with Gasteiger partial charge in [-0.2, -0.15) is 13.2 Å². The normalized spacial score (nSPS) is 18.2. The number of amides is 1. The van der Waals surface area contributed by atoms with Crippen LogP contribution in [0.15, 0.2) is 29.6 Å². The first-order chi connectivity index (χ1) is 11.3. The number of hydrogen-bond acceptors (Lipinski definition) is 4. The molecule has 128 valence electrons. The summed E-state index contributed by atoms with van der Waals surface area (Å²) in [4.78, 5) is 18.2. The van der Waals surface area contributed by atoms with E-state index in [1.165, 1.54) is 17.4 Å². The number of nitrogens with zero attached hydrogens (tertiary/aromatic N) is 2. The summed E-state index contributed by atoms with van der Waals surface area (Å²) in [5.41, 5.74) is 6.04. The molecule has 0 unspecified atom stereocenters. The average molecular weight is 355 g/mol. The number of halogens is 3. The molecule has 1 atom stereocenters. The SMILES string of the molecule is N[C@@H]1CCN(C(=O)Cc2csc(-c3cccc(C(F)(F)F)c3)n2)C1. The average Bonchev–Trinajstić information content (AvgIpc) is 3.16. The number of rotatable bonds is 3. The Hall–Kier alpha value is -1.93. The number of carbonyl (C=O) groups is 1. The topological polar surface area (TPSA) is 59.2 Å². The van der Waals surface area contributed by atoms with Crippen molar-refractivity contribution in [2.45, 2.75) is 25.1 Å². The van der Waals surface area contributed by atoms with Gasteiger partial charge in [-0.1, -0.05) is 12.1 Å². The van der Waals surface area contributed by atoms with E-state index in [9.17, 15) is 18.0 Å². The standard InChI is InChI=1S/C16H16F3N3OS/c17-16(18,19)11-3-1-2-10(6-11)15-21-13(9-24-15)7-14(23)22-5-4-12(20)8-22/h1-3,6,9,12H,4-5,7-8,20H2/t12-/m1/s1. The minimum absolute atomic E-state index is 0.0186. The minimum atomic E-state index is -4.39. The number of nitrogens with two attached hydrogens (primary N) is 1. The van der Waals surface area contributed by atoms with E-state index in [1.54, 1.807) is 16.3 Å². The molecule has 1 aliphatic rings. The molecular formula is C16H16F3N3OS. The molecule has 2 N–H and O–H groups in total. The van der Waals surface area contributed by atoms with Crippen molar-refractivity contribution in [2.24, 2.45) is 5.73 Å². The molecule has 1 aromatic carbocycles. The van der Waals surface area contributed by atoms with Crippen LogP contribution < -0.4 is 5.73 Å². The molecule has 0 saturated carbocycles. The molecule has 3 rings (SSSR count). The Morgan fingerprint density at radius 2 is 2.21 bits per heavy atom. The van der Waals surface area contributed by atoms with Crippen molar-refractivity contribution < 1.29 is 18.0 Å². The molecule has 24 heavy (non-hydrogen) atoms. The number of likely N-dealkylation sites (tertiary alicyclic amines) is 1. The molecule has 1 aliphatic heterocycles. The first-order valence-corrected chi connectivity index (χ1v) is 8.36. The molecule has 4 nitrogen and oxygen atoms in total. The Labute approximate surface area is 141 Å². The van der Waals surface area contributed by atoms with E-state index in [2.05, 4.69) is 4.98 Å². The lowest BCUT2D eigenvalue weighted by molar-refractivity contribution is -0.137. The summed E-state index contributed by atoms with van der Waals surface area (Å²) in [7, 11) is 0. The van der Waals surface area contributed by atoms with Gasteiger partial charge in [0.25, 0.3) is 0 Å². The van der Waals surface area contributed by atoms with Gasteiger partial charge < -0.3 is 10.6 Å². The summed E-state index contributed by atoms with van der Waals surface area (Å²) in [6.45, 7) is 1.19. The van der Waals surface area contributed by atoms with Gasteiger partial charge in [-0.25, -0.2) is 4.98 Å². The number of carbonyl (C=O) groups excluding carboxylic acids is 1. The summed E-state index contributed by atoms with van der Waals surface area (Å²) in [5, 5.41) is 2.19. The molecule has 1 fully saturated rings. The lowest BCUT2D eigenvalue weighted by Crippen LogP contribution is -2.32. The van der Waals surface area contributed by atoms with Crippen LogP contribution in [-0.2, 0) is 17.4 Å². The molecule has 0 radical (unpaired) electrons. The second-order valence-corrected chi connectivity index (χ2v) is 6.65. The molecule has 0 bridgehead atoms. The van der Waals surface area contributed by atoms with Crippen LogP contribution in [0.25, 0.3) is 10.6 Å². The zero-order chi connectivity index (χ0) is 17.3. The van der Waals surface area contributed by atoms with Crippen LogP contribution in [0.3, 0.4) is 0 Å². The minimum Gasteiger partial charge on any atom is -0.341 e. The molecule has 1 aromatic heterocycles. The Balaban J connectivity index is 1.73. The maximum atomic E-state index is 12.8. The largest absolute Gasteiger partial charge is 0.416 e. The molecule has 0 aliphatic carbocycles. The maximum Gasteiger partial charge on any atom is 0.416 e. The van der Waals surface area contributed by atoms with Gasteiger partial charge >= 0.3 is 6.18 Å². The number of hydrogen-bond donors (Lipinski definition) is 1. The Kier molecular flexibility index (Phi) is 4.60. The molecule has 8 heteroatoms. The van der Waals surface area contributed by atoms with Crippen molar-refractivity contribution in [3.8, 4) is 10.6 Å². The van der Waals surface area contributed by atoms with E-state index in [4.69, 9.17) is 5.73 Å². The molecule has 1 saturated heterocycles. The summed E-state index contributed by atoms with van der Waals surface area (Å²) in [6.07, 6.45) is -3.46. The van der Waals surface area contributed by atoms with Crippen molar-refractivity contribution >= 4 is 17.2 Å².